The zero-order valence-corrected chi connectivity index (χ0v) is 24.1. The average molecular weight is 629 g/mol. The number of aromatic hydroxyl groups is 1. The lowest BCUT2D eigenvalue weighted by Crippen LogP contribution is -2.63. The standard InChI is InChI=1S/C25H30N4O9.H2O4S/c1-4-5-6-27-13-9-14(29(37)38)19(30)16-11(13)7-10-8-12-18(28(2)3)21(32)17(24(26)35)23(34)25(12,36)22(33)15(10)20(16)31;1-5(2,3)4/h9-10,12,18,27,30,32-33,36H,4-8H2,1-3H3,(H2,26,35);(H2,1,2,3,4)/t10?,12?,18-,25-;/m0./s1. The highest BCUT2D eigenvalue weighted by molar-refractivity contribution is 7.79. The van der Waals surface area contributed by atoms with Crippen molar-refractivity contribution in [3.8, 4) is 5.75 Å². The van der Waals surface area contributed by atoms with Crippen molar-refractivity contribution in [1.82, 2.24) is 4.90 Å². The summed E-state index contributed by atoms with van der Waals surface area (Å²) in [6.07, 6.45) is 1.54. The van der Waals surface area contributed by atoms with Crippen LogP contribution in [0.4, 0.5) is 11.4 Å². The molecule has 236 valence electrons. The predicted octanol–water partition coefficient (Wildman–Crippen LogP) is 0.588. The lowest BCUT2D eigenvalue weighted by Gasteiger charge is -2.50. The largest absolute Gasteiger partial charge is 0.510 e. The fraction of sp³-hybridized carbons (Fsp3) is 0.480. The van der Waals surface area contributed by atoms with Crippen molar-refractivity contribution in [3.63, 3.8) is 0 Å². The first-order chi connectivity index (χ1) is 19.8. The van der Waals surface area contributed by atoms with Gasteiger partial charge in [-0.25, -0.2) is 0 Å². The van der Waals surface area contributed by atoms with Gasteiger partial charge in [0.05, 0.1) is 16.5 Å². The van der Waals surface area contributed by atoms with Gasteiger partial charge in [-0.15, -0.1) is 0 Å². The lowest BCUT2D eigenvalue weighted by molar-refractivity contribution is -0.385. The molecule has 0 fully saturated rings. The summed E-state index contributed by atoms with van der Waals surface area (Å²) in [7, 11) is -1.58. The van der Waals surface area contributed by atoms with Crippen molar-refractivity contribution in [2.75, 3.05) is 26.0 Å². The number of amides is 1. The van der Waals surface area contributed by atoms with Gasteiger partial charge in [-0.2, -0.15) is 8.42 Å². The molecule has 18 heteroatoms. The van der Waals surface area contributed by atoms with Crippen LogP contribution in [-0.2, 0) is 26.4 Å². The first kappa shape index (κ1) is 33.4. The number of primary amides is 1. The second kappa shape index (κ2) is 11.9. The van der Waals surface area contributed by atoms with Crippen LogP contribution in [0.25, 0.3) is 0 Å². The molecular weight excluding hydrogens is 596 g/mol. The topological polar surface area (TPSA) is 291 Å². The summed E-state index contributed by atoms with van der Waals surface area (Å²) in [4.78, 5) is 51.4. The number of aliphatic hydroxyl groups excluding tert-OH is 2. The van der Waals surface area contributed by atoms with E-state index in [1.54, 1.807) is 14.1 Å². The Bertz CT molecular complexity index is 1560. The molecule has 9 N–H and O–H groups in total. The number of benzene rings is 1. The quantitative estimate of drug-likeness (QED) is 0.0512. The minimum Gasteiger partial charge on any atom is -0.510 e. The average Bonchev–Trinajstić information content (AvgIpc) is 2.86. The molecule has 1 amide bonds. The van der Waals surface area contributed by atoms with Crippen molar-refractivity contribution in [3.05, 3.63) is 50.0 Å². The van der Waals surface area contributed by atoms with Gasteiger partial charge in [0.2, 0.25) is 11.5 Å². The number of carbonyl (C=O) groups is 3. The highest BCUT2D eigenvalue weighted by atomic mass is 32.3. The van der Waals surface area contributed by atoms with E-state index in [1.807, 2.05) is 6.92 Å². The molecule has 43 heavy (non-hydrogen) atoms. The van der Waals surface area contributed by atoms with Crippen molar-refractivity contribution in [2.45, 2.75) is 44.2 Å². The number of phenolic OH excluding ortho intramolecular Hbond substituents is 1. The van der Waals surface area contributed by atoms with Crippen molar-refractivity contribution < 1.29 is 57.3 Å². The molecule has 3 aliphatic carbocycles. The van der Waals surface area contributed by atoms with Crippen LogP contribution in [0, 0.1) is 22.0 Å². The molecule has 0 heterocycles. The van der Waals surface area contributed by atoms with Crippen molar-refractivity contribution >= 4 is 39.2 Å². The number of nitro groups is 1. The fourth-order valence-electron chi connectivity index (χ4n) is 6.00. The van der Waals surface area contributed by atoms with E-state index in [0.717, 1.165) is 18.9 Å². The Labute approximate surface area is 245 Å². The van der Waals surface area contributed by atoms with Gasteiger partial charge in [-0.3, -0.25) is 38.5 Å². The minimum absolute atomic E-state index is 0.0363. The van der Waals surface area contributed by atoms with Crippen LogP contribution < -0.4 is 11.1 Å². The molecule has 0 bridgehead atoms. The molecular formula is C25H32N4O13S. The number of phenols is 1. The van der Waals surface area contributed by atoms with Gasteiger partial charge in [0, 0.05) is 29.8 Å². The number of aliphatic hydroxyl groups is 3. The summed E-state index contributed by atoms with van der Waals surface area (Å²) >= 11 is 0. The molecule has 0 aliphatic heterocycles. The number of nitrogens with one attached hydrogen (secondary N) is 1. The number of ketones is 2. The first-order valence-corrected chi connectivity index (χ1v) is 14.3. The number of unbranched alkanes of at least 4 members (excludes halogenated alkanes) is 1. The molecule has 0 spiro atoms. The third kappa shape index (κ3) is 5.91. The van der Waals surface area contributed by atoms with Gasteiger partial charge in [0.25, 0.3) is 5.91 Å². The number of nitro benzene ring substituents is 1. The summed E-state index contributed by atoms with van der Waals surface area (Å²) in [6, 6.07) is 0.0542. The number of carbonyl (C=O) groups excluding carboxylic acids is 3. The number of allylic oxidation sites excluding steroid dienone is 1. The van der Waals surface area contributed by atoms with E-state index in [9.17, 15) is 44.9 Å². The maximum atomic E-state index is 13.7. The second-order valence-corrected chi connectivity index (χ2v) is 11.5. The molecule has 3 aliphatic rings. The van der Waals surface area contributed by atoms with Gasteiger partial charge in [0.15, 0.2) is 11.4 Å². The van der Waals surface area contributed by atoms with Crippen LogP contribution in [0.5, 0.6) is 5.75 Å². The lowest BCUT2D eigenvalue weighted by atomic mass is 9.58. The summed E-state index contributed by atoms with van der Waals surface area (Å²) in [5.41, 5.74) is 0.736. The van der Waals surface area contributed by atoms with Gasteiger partial charge >= 0.3 is 16.1 Å². The summed E-state index contributed by atoms with van der Waals surface area (Å²) in [6.45, 7) is 2.41. The zero-order valence-electron chi connectivity index (χ0n) is 23.3. The highest BCUT2D eigenvalue weighted by Crippen LogP contribution is 2.53. The smallest absolute Gasteiger partial charge is 0.394 e. The zero-order chi connectivity index (χ0) is 32.8. The van der Waals surface area contributed by atoms with E-state index in [4.69, 9.17) is 23.3 Å². The number of rotatable bonds is 7. The summed E-state index contributed by atoms with van der Waals surface area (Å²) in [5, 5.41) is 59.2. The number of nitrogens with zero attached hydrogens (tertiary/aromatic N) is 2. The summed E-state index contributed by atoms with van der Waals surface area (Å²) in [5.74, 6) is -8.14. The number of nitrogens with two attached hydrogens (primary N) is 1. The number of hydrogen-bond donors (Lipinski definition) is 8. The Kier molecular flexibility index (Phi) is 9.23. The maximum Gasteiger partial charge on any atom is 0.394 e. The Morgan fingerprint density at radius 2 is 1.81 bits per heavy atom. The van der Waals surface area contributed by atoms with Crippen LogP contribution in [0.2, 0.25) is 0 Å². The molecule has 4 rings (SSSR count). The van der Waals surface area contributed by atoms with E-state index < -0.39 is 90.4 Å². The van der Waals surface area contributed by atoms with E-state index in [1.165, 1.54) is 4.90 Å². The van der Waals surface area contributed by atoms with Crippen LogP contribution in [0.15, 0.2) is 28.7 Å². The molecule has 1 aromatic rings. The Morgan fingerprint density at radius 3 is 2.30 bits per heavy atom. The molecule has 0 radical (unpaired) electrons. The van der Waals surface area contributed by atoms with E-state index >= 15 is 0 Å². The van der Waals surface area contributed by atoms with Crippen LogP contribution >= 0.6 is 0 Å². The van der Waals surface area contributed by atoms with Gasteiger partial charge in [-0.05, 0) is 44.8 Å². The number of likely N-dealkylation sites (N-methyl/N-ethyl adjacent to an activating group) is 1. The van der Waals surface area contributed by atoms with Crippen LogP contribution in [0.3, 0.4) is 0 Å². The monoisotopic (exact) mass is 628 g/mol. The maximum absolute atomic E-state index is 13.7. The van der Waals surface area contributed by atoms with Gasteiger partial charge in [0.1, 0.15) is 17.1 Å². The molecule has 1 aromatic carbocycles. The van der Waals surface area contributed by atoms with Gasteiger partial charge in [-0.1, -0.05) is 13.3 Å². The SMILES string of the molecule is CCCCNc1cc([N+](=O)[O-])c(O)c2c1CC1CC3[C@H](N(C)C)C(O)=C(C(N)=O)C(=O)[C@@]3(O)C(O)=C1C2=O.O=S(=O)(O)O. The van der Waals surface area contributed by atoms with Crippen LogP contribution in [-0.4, -0.2) is 97.5 Å². The Hall–Kier alpha value is -4.10. The van der Waals surface area contributed by atoms with E-state index in [-0.39, 0.29) is 24.1 Å². The number of fused-ring (bicyclic) bond motifs is 3. The van der Waals surface area contributed by atoms with E-state index in [0.29, 0.717) is 12.1 Å². The Morgan fingerprint density at radius 1 is 1.23 bits per heavy atom. The molecule has 0 saturated carbocycles. The predicted molar refractivity (Wildman–Crippen MR) is 148 cm³/mol. The highest BCUT2D eigenvalue weighted by Gasteiger charge is 2.63. The minimum atomic E-state index is -4.67. The second-order valence-electron chi connectivity index (χ2n) is 10.6. The molecule has 0 saturated heterocycles. The van der Waals surface area contributed by atoms with Crippen molar-refractivity contribution in [2.24, 2.45) is 17.6 Å². The molecule has 4 atom stereocenters. The third-order valence-corrected chi connectivity index (χ3v) is 7.74. The van der Waals surface area contributed by atoms with Crippen LogP contribution in [0.1, 0.15) is 42.1 Å². The first-order valence-electron chi connectivity index (χ1n) is 12.9. The van der Waals surface area contributed by atoms with Crippen molar-refractivity contribution in [1.29, 1.82) is 0 Å². The van der Waals surface area contributed by atoms with Gasteiger partial charge < -0.3 is 31.5 Å². The Balaban J connectivity index is 0.000000934. The summed E-state index contributed by atoms with van der Waals surface area (Å²) < 4.78 is 31.6. The number of anilines is 1. The van der Waals surface area contributed by atoms with E-state index in [2.05, 4.69) is 5.32 Å². The third-order valence-electron chi connectivity index (χ3n) is 7.74. The molecule has 2 unspecified atom stereocenters. The molecule has 17 nitrogen and oxygen atoms in total. The fourth-order valence-corrected chi connectivity index (χ4v) is 6.00. The molecule has 0 aromatic heterocycles. The number of Topliss-reactive ketones (excluding diaryl/α,β-unsaturated/α-hetero) is 2. The normalized spacial score (nSPS) is 25.0. The number of hydrogen-bond acceptors (Lipinski definition) is 13.